The van der Waals surface area contributed by atoms with E-state index in [1.54, 1.807) is 6.07 Å². The molecule has 0 saturated carbocycles. The second-order valence-electron chi connectivity index (χ2n) is 13.0. The highest BCUT2D eigenvalue weighted by Gasteiger charge is 2.25. The Bertz CT molecular complexity index is 1890. The molecule has 4 heteroatoms. The number of hydrogen-bond acceptors (Lipinski definition) is 3. The smallest absolute Gasteiger partial charge is 0.149 e. The van der Waals surface area contributed by atoms with E-state index in [9.17, 15) is 5.11 Å². The number of fused-ring (bicyclic) bond motifs is 1. The average molecular weight is 552 g/mol. The van der Waals surface area contributed by atoms with E-state index in [0.717, 1.165) is 39.1 Å². The zero-order chi connectivity index (χ0) is 29.6. The summed E-state index contributed by atoms with van der Waals surface area (Å²) in [6.45, 7) is 13.5. The van der Waals surface area contributed by atoms with E-state index in [4.69, 9.17) is 4.98 Å². The van der Waals surface area contributed by atoms with E-state index in [-0.39, 0.29) is 16.6 Å². The first-order valence-electron chi connectivity index (χ1n) is 14.5. The highest BCUT2D eigenvalue weighted by molar-refractivity contribution is 5.97. The van der Waals surface area contributed by atoms with Gasteiger partial charge in [-0.3, -0.25) is 9.55 Å². The summed E-state index contributed by atoms with van der Waals surface area (Å²) in [4.78, 5) is 9.99. The van der Waals surface area contributed by atoms with Gasteiger partial charge < -0.3 is 5.11 Å². The van der Waals surface area contributed by atoms with Gasteiger partial charge >= 0.3 is 0 Å². The summed E-state index contributed by atoms with van der Waals surface area (Å²) in [6.07, 6.45) is 1.84. The standard InChI is InChI=1S/C38H37N3O/c1-37(2,3)27-21-25(20-26(22-27)32-17-12-13-19-39-32)31-23-28(38(4,5)6)24-33-35(31)40-36(30-16-10-11-18-34(30)42)41(33)29-14-8-7-9-15-29/h7-24,42H,1-6H3. The van der Waals surface area contributed by atoms with Crippen LogP contribution in [-0.2, 0) is 10.8 Å². The van der Waals surface area contributed by atoms with Gasteiger partial charge in [0.15, 0.2) is 0 Å². The van der Waals surface area contributed by atoms with Crippen molar-refractivity contribution < 1.29 is 5.11 Å². The molecule has 0 radical (unpaired) electrons. The van der Waals surface area contributed by atoms with Gasteiger partial charge in [-0.05, 0) is 88.2 Å². The van der Waals surface area contributed by atoms with Crippen LogP contribution in [0.25, 0.3) is 50.5 Å². The summed E-state index contributed by atoms with van der Waals surface area (Å²) < 4.78 is 2.18. The normalized spacial score (nSPS) is 12.1. The first-order chi connectivity index (χ1) is 20.0. The molecule has 0 amide bonds. The Labute approximate surface area is 248 Å². The first kappa shape index (κ1) is 27.5. The maximum atomic E-state index is 11.0. The van der Waals surface area contributed by atoms with E-state index in [2.05, 4.69) is 99.6 Å². The Hall–Kier alpha value is -4.70. The van der Waals surface area contributed by atoms with Crippen LogP contribution in [0.4, 0.5) is 0 Å². The van der Waals surface area contributed by atoms with Crippen LogP contribution in [0.2, 0.25) is 0 Å². The van der Waals surface area contributed by atoms with Gasteiger partial charge in [0, 0.05) is 23.0 Å². The molecule has 0 bridgehead atoms. The van der Waals surface area contributed by atoms with E-state index >= 15 is 0 Å². The molecule has 0 spiro atoms. The molecule has 210 valence electrons. The Morgan fingerprint density at radius 1 is 0.619 bits per heavy atom. The van der Waals surface area contributed by atoms with Gasteiger partial charge in [-0.2, -0.15) is 0 Å². The van der Waals surface area contributed by atoms with Crippen molar-refractivity contribution in [2.75, 3.05) is 0 Å². The van der Waals surface area contributed by atoms with Crippen LogP contribution in [0, 0.1) is 0 Å². The molecule has 0 atom stereocenters. The predicted molar refractivity (Wildman–Crippen MR) is 174 cm³/mol. The van der Waals surface area contributed by atoms with Gasteiger partial charge in [0.05, 0.1) is 22.3 Å². The van der Waals surface area contributed by atoms with Crippen LogP contribution in [0.3, 0.4) is 0 Å². The number of para-hydroxylation sites is 2. The summed E-state index contributed by atoms with van der Waals surface area (Å²) in [5.74, 6) is 0.910. The SMILES string of the molecule is CC(C)(C)c1cc(-c2ccccn2)cc(-c2cc(C(C)(C)C)cc3c2nc(-c2ccccc2O)n3-c2ccccc2)c1. The number of nitrogens with zero attached hydrogens (tertiary/aromatic N) is 3. The lowest BCUT2D eigenvalue weighted by Gasteiger charge is -2.23. The average Bonchev–Trinajstić information content (AvgIpc) is 3.36. The second kappa shape index (κ2) is 10.3. The molecule has 0 fully saturated rings. The summed E-state index contributed by atoms with van der Waals surface area (Å²) in [5.41, 5.74) is 10.0. The maximum absolute atomic E-state index is 11.0. The fraction of sp³-hybridized carbons (Fsp3) is 0.211. The molecule has 6 aromatic rings. The van der Waals surface area contributed by atoms with Crippen LogP contribution >= 0.6 is 0 Å². The van der Waals surface area contributed by atoms with E-state index in [0.29, 0.717) is 11.4 Å². The lowest BCUT2D eigenvalue weighted by atomic mass is 9.82. The summed E-state index contributed by atoms with van der Waals surface area (Å²) in [5, 5.41) is 11.0. The van der Waals surface area contributed by atoms with Crippen molar-refractivity contribution in [1.82, 2.24) is 14.5 Å². The number of aromatic nitrogens is 3. The van der Waals surface area contributed by atoms with Crippen molar-refractivity contribution in [2.24, 2.45) is 0 Å². The van der Waals surface area contributed by atoms with E-state index in [1.807, 2.05) is 54.7 Å². The molecule has 4 aromatic carbocycles. The number of phenolic OH excluding ortho intramolecular Hbond substituents is 1. The third-order valence-electron chi connectivity index (χ3n) is 7.86. The molecule has 0 saturated heterocycles. The van der Waals surface area contributed by atoms with Gasteiger partial charge in [0.2, 0.25) is 0 Å². The Morgan fingerprint density at radius 2 is 1.26 bits per heavy atom. The first-order valence-corrected chi connectivity index (χ1v) is 14.5. The molecule has 2 aromatic heterocycles. The molecule has 0 aliphatic carbocycles. The van der Waals surface area contributed by atoms with Gasteiger partial charge in [-0.1, -0.05) is 84.0 Å². The highest BCUT2D eigenvalue weighted by Crippen LogP contribution is 2.41. The van der Waals surface area contributed by atoms with Crippen LogP contribution in [0.5, 0.6) is 5.75 Å². The van der Waals surface area contributed by atoms with Crippen LogP contribution in [0.15, 0.2) is 109 Å². The van der Waals surface area contributed by atoms with Gasteiger partial charge in [-0.25, -0.2) is 4.98 Å². The molecular formula is C38H37N3O. The van der Waals surface area contributed by atoms with Crippen molar-refractivity contribution in [3.63, 3.8) is 0 Å². The van der Waals surface area contributed by atoms with Crippen molar-refractivity contribution in [3.8, 4) is 45.2 Å². The van der Waals surface area contributed by atoms with Crippen molar-refractivity contribution >= 4 is 11.0 Å². The Kier molecular flexibility index (Phi) is 6.73. The molecule has 0 aliphatic heterocycles. The molecule has 42 heavy (non-hydrogen) atoms. The third kappa shape index (κ3) is 5.09. The molecule has 1 N–H and O–H groups in total. The maximum Gasteiger partial charge on any atom is 0.149 e. The molecule has 6 rings (SSSR count). The Balaban J connectivity index is 1.74. The molecule has 2 heterocycles. The van der Waals surface area contributed by atoms with Crippen molar-refractivity contribution in [1.29, 1.82) is 0 Å². The minimum absolute atomic E-state index is 0.0648. The van der Waals surface area contributed by atoms with Crippen molar-refractivity contribution in [2.45, 2.75) is 52.4 Å². The number of aromatic hydroxyl groups is 1. The number of imidazole rings is 1. The molecule has 0 unspecified atom stereocenters. The molecular weight excluding hydrogens is 514 g/mol. The summed E-state index contributed by atoms with van der Waals surface area (Å²) in [7, 11) is 0. The highest BCUT2D eigenvalue weighted by atomic mass is 16.3. The fourth-order valence-electron chi connectivity index (χ4n) is 5.41. The minimum atomic E-state index is -0.102. The van der Waals surface area contributed by atoms with Crippen LogP contribution in [-0.4, -0.2) is 19.6 Å². The monoisotopic (exact) mass is 551 g/mol. The lowest BCUT2D eigenvalue weighted by Crippen LogP contribution is -2.12. The minimum Gasteiger partial charge on any atom is -0.507 e. The number of hydrogen-bond donors (Lipinski definition) is 1. The van der Waals surface area contributed by atoms with Crippen LogP contribution in [0.1, 0.15) is 52.7 Å². The zero-order valence-electron chi connectivity index (χ0n) is 25.2. The van der Waals surface area contributed by atoms with Gasteiger partial charge in [0.1, 0.15) is 11.6 Å². The second-order valence-corrected chi connectivity index (χ2v) is 13.0. The van der Waals surface area contributed by atoms with E-state index < -0.39 is 0 Å². The van der Waals surface area contributed by atoms with Crippen LogP contribution < -0.4 is 0 Å². The molecule has 4 nitrogen and oxygen atoms in total. The van der Waals surface area contributed by atoms with Gasteiger partial charge in [0.25, 0.3) is 0 Å². The van der Waals surface area contributed by atoms with Crippen molar-refractivity contribution in [3.05, 3.63) is 120 Å². The predicted octanol–water partition coefficient (Wildman–Crippen LogP) is 9.72. The lowest BCUT2D eigenvalue weighted by molar-refractivity contribution is 0.477. The van der Waals surface area contributed by atoms with E-state index in [1.165, 1.54) is 11.1 Å². The number of rotatable bonds is 4. The summed E-state index contributed by atoms with van der Waals surface area (Å²) >= 11 is 0. The number of pyridine rings is 1. The number of benzene rings is 4. The summed E-state index contributed by atoms with van der Waals surface area (Å²) in [6, 6.07) is 35.1. The largest absolute Gasteiger partial charge is 0.507 e. The quantitative estimate of drug-likeness (QED) is 0.237. The topological polar surface area (TPSA) is 50.9 Å². The fourth-order valence-corrected chi connectivity index (χ4v) is 5.41. The Morgan fingerprint density at radius 3 is 1.93 bits per heavy atom. The number of phenols is 1. The van der Waals surface area contributed by atoms with Gasteiger partial charge in [-0.15, -0.1) is 0 Å². The third-order valence-corrected chi connectivity index (χ3v) is 7.86. The zero-order valence-corrected chi connectivity index (χ0v) is 25.2. The molecule has 0 aliphatic rings.